The largest absolute Gasteiger partial charge is 0.423 e. The van der Waals surface area contributed by atoms with Crippen LogP contribution in [0.3, 0.4) is 0 Å². The molecule has 0 aliphatic carbocycles. The van der Waals surface area contributed by atoms with Crippen LogP contribution in [0.5, 0.6) is 5.75 Å². The van der Waals surface area contributed by atoms with Gasteiger partial charge in [0.05, 0.1) is 5.56 Å². The Bertz CT molecular complexity index is 852. The van der Waals surface area contributed by atoms with E-state index >= 15 is 0 Å². The third-order valence-electron chi connectivity index (χ3n) is 3.07. The summed E-state index contributed by atoms with van der Waals surface area (Å²) < 4.78 is 5.30. The lowest BCUT2D eigenvalue weighted by Crippen LogP contribution is -2.08. The summed E-state index contributed by atoms with van der Waals surface area (Å²) in [6, 6.07) is 13.2. The van der Waals surface area contributed by atoms with Gasteiger partial charge in [0, 0.05) is 9.79 Å². The van der Waals surface area contributed by atoms with Gasteiger partial charge in [0.2, 0.25) is 10.2 Å². The topological polar surface area (TPSA) is 60.4 Å². The van der Waals surface area contributed by atoms with Crippen LogP contribution < -0.4 is 4.74 Å². The van der Waals surface area contributed by atoms with E-state index < -0.39 is 5.97 Å². The lowest BCUT2D eigenvalue weighted by atomic mass is 10.2. The van der Waals surface area contributed by atoms with Crippen LogP contribution in [0.25, 0.3) is 0 Å². The van der Waals surface area contributed by atoms with Crippen LogP contribution in [0, 0.1) is 0 Å². The van der Waals surface area contributed by atoms with E-state index in [1.165, 1.54) is 6.08 Å². The van der Waals surface area contributed by atoms with Gasteiger partial charge in [-0.05, 0) is 90.6 Å². The van der Waals surface area contributed by atoms with Gasteiger partial charge in [0.15, 0.2) is 0 Å². The number of esters is 1. The summed E-state index contributed by atoms with van der Waals surface area (Å²) in [7, 11) is 0. The van der Waals surface area contributed by atoms with Crippen molar-refractivity contribution in [1.82, 2.24) is 0 Å². The average molecular weight is 384 g/mol. The first-order valence-electron chi connectivity index (χ1n) is 7.53. The molecule has 2 aromatic rings. The quantitative estimate of drug-likeness (QED) is 0.305. The maximum atomic E-state index is 12.2. The number of ether oxygens (including phenoxy) is 1. The standard InChI is InChI=1S/C20H16O4S2/c1-4-18(21)25-16-11-7-15(8-12-16)24-19(22)14-5-9-17(10-6-14)26-20(23)13(2)3/h4-12H,1-2H2,3H3. The Kier molecular flexibility index (Phi) is 7.00. The van der Waals surface area contributed by atoms with Gasteiger partial charge >= 0.3 is 5.97 Å². The number of hydrogen-bond donors (Lipinski definition) is 0. The second-order valence-electron chi connectivity index (χ2n) is 5.18. The van der Waals surface area contributed by atoms with Crippen molar-refractivity contribution in [3.8, 4) is 5.75 Å². The number of benzene rings is 2. The second kappa shape index (κ2) is 9.22. The van der Waals surface area contributed by atoms with E-state index in [4.69, 9.17) is 4.74 Å². The van der Waals surface area contributed by atoms with Crippen molar-refractivity contribution < 1.29 is 19.1 Å². The van der Waals surface area contributed by atoms with Crippen LogP contribution in [-0.2, 0) is 9.59 Å². The van der Waals surface area contributed by atoms with Gasteiger partial charge in [-0.1, -0.05) is 13.2 Å². The van der Waals surface area contributed by atoms with Crippen molar-refractivity contribution in [2.45, 2.75) is 16.7 Å². The van der Waals surface area contributed by atoms with Gasteiger partial charge in [-0.15, -0.1) is 0 Å². The van der Waals surface area contributed by atoms with Crippen LogP contribution in [0.1, 0.15) is 17.3 Å². The highest BCUT2D eigenvalue weighted by atomic mass is 32.2. The molecule has 0 spiro atoms. The van der Waals surface area contributed by atoms with E-state index in [2.05, 4.69) is 13.2 Å². The smallest absolute Gasteiger partial charge is 0.343 e. The lowest BCUT2D eigenvalue weighted by molar-refractivity contribution is -0.108. The highest BCUT2D eigenvalue weighted by Crippen LogP contribution is 2.24. The third kappa shape index (κ3) is 5.75. The van der Waals surface area contributed by atoms with Crippen LogP contribution in [0.2, 0.25) is 0 Å². The van der Waals surface area contributed by atoms with Gasteiger partial charge < -0.3 is 4.74 Å². The molecule has 0 aromatic heterocycles. The molecule has 0 atom stereocenters. The van der Waals surface area contributed by atoms with Crippen molar-refractivity contribution in [3.63, 3.8) is 0 Å². The second-order valence-corrected chi connectivity index (χ2v) is 7.30. The molecule has 0 amide bonds. The SMILES string of the molecule is C=CC(=O)Sc1ccc(OC(=O)c2ccc(SC(=O)C(=C)C)cc2)cc1. The summed E-state index contributed by atoms with van der Waals surface area (Å²) in [4.78, 5) is 36.6. The van der Waals surface area contributed by atoms with Gasteiger partial charge in [-0.25, -0.2) is 4.79 Å². The zero-order valence-electron chi connectivity index (χ0n) is 14.1. The fraction of sp³-hybridized carbons (Fsp3) is 0.0500. The maximum Gasteiger partial charge on any atom is 0.343 e. The Morgan fingerprint density at radius 1 is 0.923 bits per heavy atom. The highest BCUT2D eigenvalue weighted by molar-refractivity contribution is 8.14. The summed E-state index contributed by atoms with van der Waals surface area (Å²) in [6.07, 6.45) is 1.24. The Hall–Kier alpha value is -2.57. The van der Waals surface area contributed by atoms with Crippen molar-refractivity contribution >= 4 is 39.7 Å². The van der Waals surface area contributed by atoms with E-state index in [1.807, 2.05) is 0 Å². The molecule has 132 valence electrons. The summed E-state index contributed by atoms with van der Waals surface area (Å²) in [5.74, 6) is -0.128. The first kappa shape index (κ1) is 19.8. The Morgan fingerprint density at radius 2 is 1.46 bits per heavy atom. The van der Waals surface area contributed by atoms with Gasteiger partial charge in [-0.3, -0.25) is 9.59 Å². The first-order valence-corrected chi connectivity index (χ1v) is 9.16. The minimum absolute atomic E-state index is 0.117. The molecule has 0 unspecified atom stereocenters. The molecule has 4 nitrogen and oxygen atoms in total. The van der Waals surface area contributed by atoms with E-state index in [9.17, 15) is 14.4 Å². The predicted molar refractivity (Wildman–Crippen MR) is 105 cm³/mol. The highest BCUT2D eigenvalue weighted by Gasteiger charge is 2.11. The zero-order chi connectivity index (χ0) is 19.1. The van der Waals surface area contributed by atoms with E-state index in [0.717, 1.165) is 33.3 Å². The van der Waals surface area contributed by atoms with E-state index in [0.29, 0.717) is 16.9 Å². The number of thioether (sulfide) groups is 2. The first-order chi connectivity index (χ1) is 12.4. The van der Waals surface area contributed by atoms with E-state index in [1.54, 1.807) is 55.5 Å². The number of carbonyl (C=O) groups is 3. The van der Waals surface area contributed by atoms with Crippen LogP contribution in [0.15, 0.2) is 83.1 Å². The number of rotatable bonds is 6. The summed E-state index contributed by atoms with van der Waals surface area (Å²) in [6.45, 7) is 8.67. The minimum atomic E-state index is -0.504. The molecule has 0 fully saturated rings. The van der Waals surface area contributed by atoms with Crippen LogP contribution >= 0.6 is 23.5 Å². The molecule has 0 aliphatic rings. The monoisotopic (exact) mass is 384 g/mol. The Balaban J connectivity index is 1.99. The molecular weight excluding hydrogens is 368 g/mol. The molecule has 2 aromatic carbocycles. The molecule has 2 rings (SSSR count). The molecule has 6 heteroatoms. The molecule has 26 heavy (non-hydrogen) atoms. The van der Waals surface area contributed by atoms with Crippen molar-refractivity contribution in [2.24, 2.45) is 0 Å². The van der Waals surface area contributed by atoms with Crippen LogP contribution in [-0.4, -0.2) is 16.2 Å². The fourth-order valence-electron chi connectivity index (χ4n) is 1.75. The zero-order valence-corrected chi connectivity index (χ0v) is 15.7. The van der Waals surface area contributed by atoms with Gasteiger partial charge in [-0.2, -0.15) is 0 Å². The van der Waals surface area contributed by atoms with Crippen molar-refractivity contribution in [3.05, 3.63) is 78.9 Å². The Morgan fingerprint density at radius 3 is 2.00 bits per heavy atom. The molecule has 0 N–H and O–H groups in total. The lowest BCUT2D eigenvalue weighted by Gasteiger charge is -2.06. The maximum absolute atomic E-state index is 12.2. The molecule has 0 saturated heterocycles. The molecule has 0 radical (unpaired) electrons. The van der Waals surface area contributed by atoms with Gasteiger partial charge in [0.25, 0.3) is 0 Å². The molecule has 0 bridgehead atoms. The molecular formula is C20H16O4S2. The minimum Gasteiger partial charge on any atom is -0.423 e. The fourth-order valence-corrected chi connectivity index (χ4v) is 3.00. The average Bonchev–Trinajstić information content (AvgIpc) is 2.63. The van der Waals surface area contributed by atoms with Gasteiger partial charge in [0.1, 0.15) is 5.75 Å². The van der Waals surface area contributed by atoms with Crippen molar-refractivity contribution in [1.29, 1.82) is 0 Å². The predicted octanol–water partition coefficient (Wildman–Crippen LogP) is 4.91. The molecule has 0 heterocycles. The Labute approximate surface area is 160 Å². The third-order valence-corrected chi connectivity index (χ3v) is 4.99. The summed E-state index contributed by atoms with van der Waals surface area (Å²) in [5, 5.41) is -0.272. The number of hydrogen-bond acceptors (Lipinski definition) is 6. The van der Waals surface area contributed by atoms with E-state index in [-0.39, 0.29) is 10.2 Å². The normalized spacial score (nSPS) is 10.0. The van der Waals surface area contributed by atoms with Crippen molar-refractivity contribution in [2.75, 3.05) is 0 Å². The molecule has 0 aliphatic heterocycles. The van der Waals surface area contributed by atoms with Crippen LogP contribution in [0.4, 0.5) is 0 Å². The number of carbonyl (C=O) groups excluding carboxylic acids is 3. The molecule has 0 saturated carbocycles. The summed E-state index contributed by atoms with van der Waals surface area (Å²) in [5.41, 5.74) is 0.840. The summed E-state index contributed by atoms with van der Waals surface area (Å²) >= 11 is 2.10.